The summed E-state index contributed by atoms with van der Waals surface area (Å²) in [6.07, 6.45) is 1.53. The zero-order chi connectivity index (χ0) is 19.4. The molecule has 0 radical (unpaired) electrons. The maximum Gasteiger partial charge on any atom is 0.274 e. The van der Waals surface area contributed by atoms with Crippen LogP contribution in [-0.2, 0) is 0 Å². The third kappa shape index (κ3) is 4.98. The molecule has 0 bridgehead atoms. The van der Waals surface area contributed by atoms with Crippen LogP contribution in [0.5, 0.6) is 0 Å². The van der Waals surface area contributed by atoms with E-state index in [9.17, 15) is 9.59 Å². The number of pyridine rings is 1. The molecule has 0 aliphatic rings. The molecule has 0 aliphatic heterocycles. The van der Waals surface area contributed by atoms with Gasteiger partial charge in [-0.2, -0.15) is 0 Å². The molecule has 2 N–H and O–H groups in total. The van der Waals surface area contributed by atoms with Crippen molar-refractivity contribution in [1.82, 2.24) is 4.98 Å². The number of hydrogen-bond acceptors (Lipinski definition) is 3. The lowest BCUT2D eigenvalue weighted by Gasteiger charge is -2.10. The molecule has 0 unspecified atom stereocenters. The van der Waals surface area contributed by atoms with Crippen LogP contribution in [0, 0.1) is 0 Å². The fraction of sp³-hybridized carbons (Fsp3) is 0. The van der Waals surface area contributed by atoms with Gasteiger partial charge in [0.2, 0.25) is 0 Å². The van der Waals surface area contributed by atoms with Crippen molar-refractivity contribution in [3.63, 3.8) is 0 Å². The molecule has 1 heterocycles. The summed E-state index contributed by atoms with van der Waals surface area (Å²) in [6, 6.07) is 14.3. The summed E-state index contributed by atoms with van der Waals surface area (Å²) in [4.78, 5) is 28.5. The van der Waals surface area contributed by atoms with Crippen LogP contribution in [0.3, 0.4) is 0 Å². The van der Waals surface area contributed by atoms with Gasteiger partial charge >= 0.3 is 0 Å². The molecule has 3 aromatic rings. The van der Waals surface area contributed by atoms with Gasteiger partial charge in [0.25, 0.3) is 11.8 Å². The van der Waals surface area contributed by atoms with Crippen LogP contribution >= 0.6 is 34.8 Å². The third-order valence-corrected chi connectivity index (χ3v) is 4.25. The zero-order valence-corrected chi connectivity index (χ0v) is 15.9. The van der Waals surface area contributed by atoms with Crippen LogP contribution in [0.4, 0.5) is 11.4 Å². The maximum absolute atomic E-state index is 12.4. The largest absolute Gasteiger partial charge is 0.321 e. The maximum atomic E-state index is 12.4. The lowest BCUT2D eigenvalue weighted by molar-refractivity contribution is 0.101. The molecular formula is C19H12Cl3N3O2. The van der Waals surface area contributed by atoms with Gasteiger partial charge in [-0.1, -0.05) is 40.9 Å². The first-order chi connectivity index (χ1) is 12.9. The smallest absolute Gasteiger partial charge is 0.274 e. The molecule has 2 aromatic carbocycles. The van der Waals surface area contributed by atoms with Crippen molar-refractivity contribution in [1.29, 1.82) is 0 Å². The van der Waals surface area contributed by atoms with Gasteiger partial charge in [-0.25, -0.2) is 0 Å². The van der Waals surface area contributed by atoms with Crippen LogP contribution < -0.4 is 10.6 Å². The van der Waals surface area contributed by atoms with Crippen molar-refractivity contribution < 1.29 is 9.59 Å². The van der Waals surface area contributed by atoms with Crippen LogP contribution in [0.1, 0.15) is 20.8 Å². The predicted molar refractivity (Wildman–Crippen MR) is 108 cm³/mol. The Hall–Kier alpha value is -2.60. The number of carbonyl (C=O) groups excluding carboxylic acids is 2. The number of anilines is 2. The highest BCUT2D eigenvalue weighted by molar-refractivity contribution is 6.36. The molecule has 5 nitrogen and oxygen atoms in total. The van der Waals surface area contributed by atoms with Gasteiger partial charge in [-0.15, -0.1) is 0 Å². The molecule has 0 spiro atoms. The fourth-order valence-corrected chi connectivity index (χ4v) is 3.02. The van der Waals surface area contributed by atoms with E-state index in [-0.39, 0.29) is 16.6 Å². The molecule has 0 fully saturated rings. The number of aromatic nitrogens is 1. The fourth-order valence-electron chi connectivity index (χ4n) is 2.27. The van der Waals surface area contributed by atoms with Gasteiger partial charge in [0, 0.05) is 27.5 Å². The number of carbonyl (C=O) groups is 2. The van der Waals surface area contributed by atoms with Crippen molar-refractivity contribution in [3.8, 4) is 0 Å². The van der Waals surface area contributed by atoms with E-state index in [2.05, 4.69) is 15.6 Å². The first-order valence-electron chi connectivity index (χ1n) is 7.72. The average Bonchev–Trinajstić information content (AvgIpc) is 2.63. The molecule has 136 valence electrons. The second-order valence-electron chi connectivity index (χ2n) is 5.48. The van der Waals surface area contributed by atoms with Gasteiger partial charge in [0.15, 0.2) is 0 Å². The molecule has 1 aromatic heterocycles. The lowest BCUT2D eigenvalue weighted by Crippen LogP contribution is -2.14. The predicted octanol–water partition coefficient (Wildman–Crippen LogP) is 5.55. The Labute approximate surface area is 170 Å². The molecule has 8 heteroatoms. The van der Waals surface area contributed by atoms with Crippen molar-refractivity contribution in [2.45, 2.75) is 0 Å². The molecule has 0 aliphatic carbocycles. The number of halogens is 3. The lowest BCUT2D eigenvalue weighted by atomic mass is 10.2. The third-order valence-electron chi connectivity index (χ3n) is 3.50. The summed E-state index contributed by atoms with van der Waals surface area (Å²) >= 11 is 18.0. The van der Waals surface area contributed by atoms with E-state index in [1.165, 1.54) is 30.5 Å². The summed E-state index contributed by atoms with van der Waals surface area (Å²) in [5.41, 5.74) is 1.44. The van der Waals surface area contributed by atoms with E-state index >= 15 is 0 Å². The topological polar surface area (TPSA) is 71.1 Å². The summed E-state index contributed by atoms with van der Waals surface area (Å²) in [7, 11) is 0. The Morgan fingerprint density at radius 1 is 0.815 bits per heavy atom. The highest BCUT2D eigenvalue weighted by Gasteiger charge is 2.12. The van der Waals surface area contributed by atoms with E-state index in [1.807, 2.05) is 0 Å². The van der Waals surface area contributed by atoms with E-state index in [0.29, 0.717) is 27.0 Å². The van der Waals surface area contributed by atoms with Crippen LogP contribution in [-0.4, -0.2) is 16.8 Å². The molecular weight excluding hydrogens is 409 g/mol. The number of benzene rings is 2. The van der Waals surface area contributed by atoms with E-state index < -0.39 is 5.91 Å². The molecule has 0 saturated carbocycles. The minimum absolute atomic E-state index is 0.260. The zero-order valence-electron chi connectivity index (χ0n) is 13.7. The Kier molecular flexibility index (Phi) is 5.96. The van der Waals surface area contributed by atoms with Gasteiger partial charge in [0.1, 0.15) is 5.69 Å². The standard InChI is InChI=1S/C19H12Cl3N3O2/c20-12-7-11(8-13(21)9-12)18(26)25-16-5-4-14(10-15(16)22)24-19(27)17-3-1-2-6-23-17/h1-10H,(H,24,27)(H,25,26). The first kappa shape index (κ1) is 19.2. The van der Waals surface area contributed by atoms with Crippen LogP contribution in [0.25, 0.3) is 0 Å². The Bertz CT molecular complexity index is 990. The molecule has 0 saturated heterocycles. The SMILES string of the molecule is O=C(Nc1ccc(NC(=O)c2ccccn2)cc1Cl)c1cc(Cl)cc(Cl)c1. The Morgan fingerprint density at radius 2 is 1.56 bits per heavy atom. The Balaban J connectivity index is 1.73. The molecule has 0 atom stereocenters. The van der Waals surface area contributed by atoms with Crippen LogP contribution in [0.15, 0.2) is 60.8 Å². The minimum atomic E-state index is -0.411. The monoisotopic (exact) mass is 419 g/mol. The highest BCUT2D eigenvalue weighted by Crippen LogP contribution is 2.27. The normalized spacial score (nSPS) is 10.3. The van der Waals surface area contributed by atoms with Crippen LogP contribution in [0.2, 0.25) is 15.1 Å². The van der Waals surface area contributed by atoms with Crippen molar-refractivity contribution >= 4 is 58.0 Å². The molecule has 3 rings (SSSR count). The van der Waals surface area contributed by atoms with E-state index in [0.717, 1.165) is 0 Å². The Morgan fingerprint density at radius 3 is 2.19 bits per heavy atom. The number of amides is 2. The number of nitrogens with zero attached hydrogens (tertiary/aromatic N) is 1. The number of rotatable bonds is 4. The van der Waals surface area contributed by atoms with Crippen molar-refractivity contribution in [2.75, 3.05) is 10.6 Å². The summed E-state index contributed by atoms with van der Waals surface area (Å²) < 4.78 is 0. The van der Waals surface area contributed by atoms with Crippen molar-refractivity contribution in [3.05, 3.63) is 87.1 Å². The minimum Gasteiger partial charge on any atom is -0.321 e. The average molecular weight is 421 g/mol. The first-order valence-corrected chi connectivity index (χ1v) is 8.85. The highest BCUT2D eigenvalue weighted by atomic mass is 35.5. The van der Waals surface area contributed by atoms with Gasteiger partial charge in [0.05, 0.1) is 10.7 Å². The van der Waals surface area contributed by atoms with Crippen molar-refractivity contribution in [2.24, 2.45) is 0 Å². The number of nitrogens with one attached hydrogen (secondary N) is 2. The number of hydrogen-bond donors (Lipinski definition) is 2. The summed E-state index contributed by atoms with van der Waals surface area (Å²) in [5.74, 6) is -0.774. The van der Waals surface area contributed by atoms with E-state index in [1.54, 1.807) is 30.3 Å². The van der Waals surface area contributed by atoms with Gasteiger partial charge in [-0.05, 0) is 48.5 Å². The second kappa shape index (κ2) is 8.39. The van der Waals surface area contributed by atoms with E-state index in [4.69, 9.17) is 34.8 Å². The summed E-state index contributed by atoms with van der Waals surface area (Å²) in [6.45, 7) is 0. The quantitative estimate of drug-likeness (QED) is 0.581. The molecule has 27 heavy (non-hydrogen) atoms. The second-order valence-corrected chi connectivity index (χ2v) is 6.76. The molecule has 2 amide bonds. The summed E-state index contributed by atoms with van der Waals surface area (Å²) in [5, 5.41) is 6.34. The van der Waals surface area contributed by atoms with Gasteiger partial charge < -0.3 is 10.6 Å². The van der Waals surface area contributed by atoms with Gasteiger partial charge in [-0.3, -0.25) is 14.6 Å².